The van der Waals surface area contributed by atoms with Crippen molar-refractivity contribution in [1.29, 1.82) is 0 Å². The summed E-state index contributed by atoms with van der Waals surface area (Å²) in [5, 5.41) is 5.56. The van der Waals surface area contributed by atoms with Gasteiger partial charge in [-0.3, -0.25) is 0 Å². The first-order chi connectivity index (χ1) is 28.3. The first kappa shape index (κ1) is 32.7. The van der Waals surface area contributed by atoms with E-state index in [0.29, 0.717) is 5.82 Å². The molecule has 0 fully saturated rings. The van der Waals surface area contributed by atoms with Crippen molar-refractivity contribution in [2.45, 2.75) is 0 Å². The van der Waals surface area contributed by atoms with Crippen LogP contribution in [0, 0.1) is 0 Å². The lowest BCUT2D eigenvalue weighted by Crippen LogP contribution is -1.97. The Hall–Kier alpha value is -7.69. The summed E-state index contributed by atoms with van der Waals surface area (Å²) in [7, 11) is 0. The minimum absolute atomic E-state index is 0.687. The van der Waals surface area contributed by atoms with Gasteiger partial charge in [-0.1, -0.05) is 176 Å². The summed E-state index contributed by atoms with van der Waals surface area (Å²) in [5.74, 6) is 0.687. The quantitative estimate of drug-likeness (QED) is 0.160. The van der Waals surface area contributed by atoms with E-state index in [1.807, 2.05) is 42.5 Å². The molecular formula is C53H33N3O. The highest BCUT2D eigenvalue weighted by Gasteiger charge is 2.20. The number of benzene rings is 8. The fraction of sp³-hybridized carbons (Fsp3) is 0. The molecule has 11 aromatic rings. The normalized spacial score (nSPS) is 11.5. The molecule has 0 atom stereocenters. The van der Waals surface area contributed by atoms with Crippen LogP contribution in [0.5, 0.6) is 0 Å². The molecule has 57 heavy (non-hydrogen) atoms. The molecule has 0 aliphatic carbocycles. The van der Waals surface area contributed by atoms with Gasteiger partial charge in [0, 0.05) is 54.7 Å². The number of nitrogens with zero attached hydrogens (tertiary/aromatic N) is 3. The molecular weight excluding hydrogens is 695 g/mol. The lowest BCUT2D eigenvalue weighted by Gasteiger charge is -2.15. The average molecular weight is 728 g/mol. The Morgan fingerprint density at radius 1 is 0.316 bits per heavy atom. The van der Waals surface area contributed by atoms with Crippen LogP contribution in [-0.4, -0.2) is 15.0 Å². The molecule has 11 rings (SSSR count). The molecule has 0 spiro atoms. The third-order valence-corrected chi connectivity index (χ3v) is 10.9. The molecule has 0 bridgehead atoms. The minimum Gasteiger partial charge on any atom is -0.456 e. The highest BCUT2D eigenvalue weighted by atomic mass is 16.3. The number of para-hydroxylation sites is 2. The Morgan fingerprint density at radius 2 is 0.895 bits per heavy atom. The SMILES string of the molecule is c1ccc(-c2nc(-c3ccc(-c4cccc5c4nc(-c4ccccc4)c4ccc6oc7ccccc7c6c45)cc3)cc(-c3ccccc3-c3ccccc3)n2)cc1. The smallest absolute Gasteiger partial charge is 0.160 e. The van der Waals surface area contributed by atoms with E-state index < -0.39 is 0 Å². The van der Waals surface area contributed by atoms with Crippen LogP contribution in [0.15, 0.2) is 205 Å². The second-order valence-electron chi connectivity index (χ2n) is 14.3. The van der Waals surface area contributed by atoms with Crippen LogP contribution in [0.3, 0.4) is 0 Å². The lowest BCUT2D eigenvalue weighted by atomic mass is 9.93. The summed E-state index contributed by atoms with van der Waals surface area (Å²) in [6, 6.07) is 69.5. The van der Waals surface area contributed by atoms with Crippen molar-refractivity contribution < 1.29 is 4.42 Å². The van der Waals surface area contributed by atoms with E-state index in [4.69, 9.17) is 19.4 Å². The summed E-state index contributed by atoms with van der Waals surface area (Å²) >= 11 is 0. The van der Waals surface area contributed by atoms with Gasteiger partial charge in [0.15, 0.2) is 5.82 Å². The van der Waals surface area contributed by atoms with Crippen molar-refractivity contribution in [2.24, 2.45) is 0 Å². The number of aromatic nitrogens is 3. The number of hydrogen-bond acceptors (Lipinski definition) is 4. The van der Waals surface area contributed by atoms with Gasteiger partial charge >= 0.3 is 0 Å². The largest absolute Gasteiger partial charge is 0.456 e. The van der Waals surface area contributed by atoms with Gasteiger partial charge in [-0.05, 0) is 41.0 Å². The third-order valence-electron chi connectivity index (χ3n) is 10.9. The van der Waals surface area contributed by atoms with E-state index >= 15 is 0 Å². The van der Waals surface area contributed by atoms with Crippen molar-refractivity contribution in [3.8, 4) is 67.4 Å². The van der Waals surface area contributed by atoms with Crippen LogP contribution in [0.1, 0.15) is 0 Å². The lowest BCUT2D eigenvalue weighted by molar-refractivity contribution is 0.669. The molecule has 0 aliphatic rings. The predicted molar refractivity (Wildman–Crippen MR) is 235 cm³/mol. The first-order valence-electron chi connectivity index (χ1n) is 19.2. The van der Waals surface area contributed by atoms with Crippen LogP contribution in [0.25, 0.3) is 111 Å². The summed E-state index contributed by atoms with van der Waals surface area (Å²) in [5.41, 5.74) is 13.9. The topological polar surface area (TPSA) is 51.8 Å². The zero-order valence-corrected chi connectivity index (χ0v) is 30.8. The van der Waals surface area contributed by atoms with E-state index in [1.54, 1.807) is 0 Å². The molecule has 0 unspecified atom stereocenters. The highest BCUT2D eigenvalue weighted by Crippen LogP contribution is 2.43. The monoisotopic (exact) mass is 727 g/mol. The van der Waals surface area contributed by atoms with Gasteiger partial charge in [-0.25, -0.2) is 15.0 Å². The van der Waals surface area contributed by atoms with Gasteiger partial charge in [0.1, 0.15) is 11.2 Å². The van der Waals surface area contributed by atoms with Crippen LogP contribution < -0.4 is 0 Å². The zero-order valence-electron chi connectivity index (χ0n) is 30.8. The van der Waals surface area contributed by atoms with Crippen LogP contribution in [-0.2, 0) is 0 Å². The van der Waals surface area contributed by atoms with E-state index in [0.717, 1.165) is 105 Å². The Kier molecular flexibility index (Phi) is 7.78. The molecule has 0 amide bonds. The average Bonchev–Trinajstić information content (AvgIpc) is 3.68. The number of rotatable bonds is 6. The van der Waals surface area contributed by atoms with Gasteiger partial charge in [0.05, 0.1) is 22.6 Å². The molecule has 0 aliphatic heterocycles. The van der Waals surface area contributed by atoms with Crippen LogP contribution in [0.4, 0.5) is 0 Å². The maximum Gasteiger partial charge on any atom is 0.160 e. The molecule has 0 saturated carbocycles. The second kappa shape index (κ2) is 13.6. The Morgan fingerprint density at radius 3 is 1.67 bits per heavy atom. The Balaban J connectivity index is 1.09. The maximum atomic E-state index is 6.40. The number of hydrogen-bond donors (Lipinski definition) is 0. The van der Waals surface area contributed by atoms with Crippen molar-refractivity contribution in [3.05, 3.63) is 200 Å². The number of pyridine rings is 1. The summed E-state index contributed by atoms with van der Waals surface area (Å²) in [4.78, 5) is 15.8. The maximum absolute atomic E-state index is 6.40. The standard InChI is InChI=1S/C53H33N3O/c1-4-15-34(16-5-1)39-21-10-11-22-41(39)46-33-45(54-53(55-46)38-19-8-3-9-20-38)36-29-27-35(28-30-36)40-24-14-25-43-49-44(51(56-52(40)43)37-17-6-2-7-18-37)31-32-48-50(49)42-23-12-13-26-47(42)57-48/h1-33H. The second-order valence-corrected chi connectivity index (χ2v) is 14.3. The Bertz CT molecular complexity index is 3260. The molecule has 0 saturated heterocycles. The minimum atomic E-state index is 0.687. The van der Waals surface area contributed by atoms with Gasteiger partial charge in [0.2, 0.25) is 0 Å². The van der Waals surface area contributed by atoms with Gasteiger partial charge in [0.25, 0.3) is 0 Å². The van der Waals surface area contributed by atoms with E-state index in [-0.39, 0.29) is 0 Å². The highest BCUT2D eigenvalue weighted by molar-refractivity contribution is 6.29. The molecule has 8 aromatic carbocycles. The van der Waals surface area contributed by atoms with Crippen molar-refractivity contribution in [1.82, 2.24) is 15.0 Å². The number of fused-ring (bicyclic) bond motifs is 7. The summed E-state index contributed by atoms with van der Waals surface area (Å²) in [6.07, 6.45) is 0. The fourth-order valence-corrected chi connectivity index (χ4v) is 8.23. The summed E-state index contributed by atoms with van der Waals surface area (Å²) < 4.78 is 6.40. The fourth-order valence-electron chi connectivity index (χ4n) is 8.23. The van der Waals surface area contributed by atoms with Crippen LogP contribution >= 0.6 is 0 Å². The Labute approximate surface area is 329 Å². The van der Waals surface area contributed by atoms with E-state index in [1.165, 1.54) is 0 Å². The molecule has 4 heteroatoms. The first-order valence-corrected chi connectivity index (χ1v) is 19.2. The molecule has 266 valence electrons. The van der Waals surface area contributed by atoms with Crippen molar-refractivity contribution >= 4 is 43.6 Å². The molecule has 3 heterocycles. The number of furan rings is 1. The van der Waals surface area contributed by atoms with E-state index in [2.05, 4.69) is 158 Å². The molecule has 0 N–H and O–H groups in total. The van der Waals surface area contributed by atoms with Gasteiger partial charge in [-0.2, -0.15) is 0 Å². The van der Waals surface area contributed by atoms with E-state index in [9.17, 15) is 0 Å². The van der Waals surface area contributed by atoms with Gasteiger partial charge in [-0.15, -0.1) is 0 Å². The van der Waals surface area contributed by atoms with Crippen molar-refractivity contribution in [3.63, 3.8) is 0 Å². The molecule has 0 radical (unpaired) electrons. The zero-order chi connectivity index (χ0) is 37.7. The van der Waals surface area contributed by atoms with Crippen LogP contribution in [0.2, 0.25) is 0 Å². The predicted octanol–water partition coefficient (Wildman–Crippen LogP) is 14.1. The van der Waals surface area contributed by atoms with Gasteiger partial charge < -0.3 is 4.42 Å². The van der Waals surface area contributed by atoms with Crippen molar-refractivity contribution in [2.75, 3.05) is 0 Å². The summed E-state index contributed by atoms with van der Waals surface area (Å²) in [6.45, 7) is 0. The third kappa shape index (κ3) is 5.66. The molecule has 4 nitrogen and oxygen atoms in total. The molecule has 3 aromatic heterocycles.